The standard InChI is InChI=1S/C21H23N3O/c1-14-7-8-20(15(2)11-14)24-21-18(9-10-22-21)19(23-24)13-16-5-4-6-17(12-16)25-3/h4-8,11-12,22H,9-10,13H2,1-3H3. The lowest BCUT2D eigenvalue weighted by atomic mass is 10.1. The maximum Gasteiger partial charge on any atom is 0.133 e. The van der Waals surface area contributed by atoms with Gasteiger partial charge in [-0.05, 0) is 49.6 Å². The molecule has 1 N–H and O–H groups in total. The summed E-state index contributed by atoms with van der Waals surface area (Å²) in [6, 6.07) is 14.7. The van der Waals surface area contributed by atoms with Crippen molar-refractivity contribution in [2.45, 2.75) is 26.7 Å². The number of benzene rings is 2. The van der Waals surface area contributed by atoms with E-state index in [1.165, 1.54) is 22.3 Å². The van der Waals surface area contributed by atoms with Crippen LogP contribution in [0.5, 0.6) is 5.75 Å². The molecule has 1 aliphatic heterocycles. The predicted molar refractivity (Wildman–Crippen MR) is 101 cm³/mol. The van der Waals surface area contributed by atoms with Gasteiger partial charge in [0, 0.05) is 18.5 Å². The summed E-state index contributed by atoms with van der Waals surface area (Å²) in [5, 5.41) is 8.47. The second kappa shape index (κ2) is 6.28. The Balaban J connectivity index is 1.75. The Morgan fingerprint density at radius 1 is 1.16 bits per heavy atom. The quantitative estimate of drug-likeness (QED) is 0.783. The highest BCUT2D eigenvalue weighted by molar-refractivity contribution is 5.59. The van der Waals surface area contributed by atoms with E-state index in [0.717, 1.165) is 42.3 Å². The first kappa shape index (κ1) is 15.8. The van der Waals surface area contributed by atoms with Gasteiger partial charge in [0.2, 0.25) is 0 Å². The second-order valence-electron chi connectivity index (χ2n) is 6.68. The van der Waals surface area contributed by atoms with Crippen LogP contribution in [-0.2, 0) is 12.8 Å². The van der Waals surface area contributed by atoms with Crippen molar-refractivity contribution in [1.82, 2.24) is 9.78 Å². The Hall–Kier alpha value is -2.75. The smallest absolute Gasteiger partial charge is 0.133 e. The minimum atomic E-state index is 0.819. The summed E-state index contributed by atoms with van der Waals surface area (Å²) in [5.41, 5.74) is 7.37. The molecule has 0 unspecified atom stereocenters. The van der Waals surface area contributed by atoms with Gasteiger partial charge in [-0.15, -0.1) is 0 Å². The Bertz CT molecular complexity index is 927. The zero-order valence-corrected chi connectivity index (χ0v) is 15.0. The molecule has 128 valence electrons. The van der Waals surface area contributed by atoms with Gasteiger partial charge in [-0.2, -0.15) is 5.10 Å². The van der Waals surface area contributed by atoms with E-state index in [0.29, 0.717) is 0 Å². The van der Waals surface area contributed by atoms with Crippen LogP contribution >= 0.6 is 0 Å². The number of anilines is 1. The SMILES string of the molecule is COc1cccc(Cc2nn(-c3ccc(C)cc3C)c3c2CCN3)c1. The van der Waals surface area contributed by atoms with Crippen LogP contribution in [0.3, 0.4) is 0 Å². The van der Waals surface area contributed by atoms with Gasteiger partial charge in [-0.1, -0.05) is 29.8 Å². The molecular weight excluding hydrogens is 310 g/mol. The number of ether oxygens (including phenoxy) is 1. The van der Waals surface area contributed by atoms with Gasteiger partial charge in [0.15, 0.2) is 0 Å². The predicted octanol–water partition coefficient (Wildman–Crippen LogP) is 4.06. The largest absolute Gasteiger partial charge is 0.497 e. The fourth-order valence-corrected chi connectivity index (χ4v) is 3.58. The third-order valence-electron chi connectivity index (χ3n) is 4.82. The van der Waals surface area contributed by atoms with E-state index in [4.69, 9.17) is 9.84 Å². The van der Waals surface area contributed by atoms with Crippen LogP contribution in [-0.4, -0.2) is 23.4 Å². The van der Waals surface area contributed by atoms with Crippen LogP contribution in [0.4, 0.5) is 5.82 Å². The van der Waals surface area contributed by atoms with Crippen LogP contribution in [0.15, 0.2) is 42.5 Å². The molecule has 0 fully saturated rings. The highest BCUT2D eigenvalue weighted by Crippen LogP contribution is 2.31. The lowest BCUT2D eigenvalue weighted by molar-refractivity contribution is 0.414. The van der Waals surface area contributed by atoms with Crippen molar-refractivity contribution in [3.05, 3.63) is 70.4 Å². The van der Waals surface area contributed by atoms with E-state index >= 15 is 0 Å². The van der Waals surface area contributed by atoms with Crippen LogP contribution in [0.1, 0.15) is 27.9 Å². The lowest BCUT2D eigenvalue weighted by Crippen LogP contribution is -2.06. The average Bonchev–Trinajstić information content (AvgIpc) is 3.20. The van der Waals surface area contributed by atoms with Crippen LogP contribution in [0.2, 0.25) is 0 Å². The monoisotopic (exact) mass is 333 g/mol. The summed E-state index contributed by atoms with van der Waals surface area (Å²) in [5.74, 6) is 2.03. The molecule has 1 aromatic heterocycles. The van der Waals surface area contributed by atoms with Crippen molar-refractivity contribution in [3.8, 4) is 11.4 Å². The normalized spacial score (nSPS) is 12.8. The molecule has 0 spiro atoms. The van der Waals surface area contributed by atoms with Crippen molar-refractivity contribution in [3.63, 3.8) is 0 Å². The van der Waals surface area contributed by atoms with Crippen molar-refractivity contribution < 1.29 is 4.74 Å². The molecule has 1 aliphatic rings. The molecule has 0 amide bonds. The lowest BCUT2D eigenvalue weighted by Gasteiger charge is -2.10. The summed E-state index contributed by atoms with van der Waals surface area (Å²) < 4.78 is 7.42. The first-order valence-electron chi connectivity index (χ1n) is 8.71. The van der Waals surface area contributed by atoms with Crippen molar-refractivity contribution >= 4 is 5.82 Å². The molecule has 0 saturated heterocycles. The van der Waals surface area contributed by atoms with Crippen molar-refractivity contribution in [2.75, 3.05) is 19.0 Å². The van der Waals surface area contributed by atoms with E-state index in [1.807, 2.05) is 12.1 Å². The van der Waals surface area contributed by atoms with Crippen LogP contribution in [0.25, 0.3) is 5.69 Å². The minimum absolute atomic E-state index is 0.819. The van der Waals surface area contributed by atoms with E-state index in [2.05, 4.69) is 54.2 Å². The first-order valence-corrected chi connectivity index (χ1v) is 8.71. The molecule has 2 aromatic carbocycles. The maximum atomic E-state index is 5.35. The third-order valence-corrected chi connectivity index (χ3v) is 4.82. The fraction of sp³-hybridized carbons (Fsp3) is 0.286. The molecule has 25 heavy (non-hydrogen) atoms. The Morgan fingerprint density at radius 2 is 2.04 bits per heavy atom. The zero-order chi connectivity index (χ0) is 17.4. The van der Waals surface area contributed by atoms with E-state index in [-0.39, 0.29) is 0 Å². The highest BCUT2D eigenvalue weighted by Gasteiger charge is 2.23. The van der Waals surface area contributed by atoms with Crippen molar-refractivity contribution in [1.29, 1.82) is 0 Å². The van der Waals surface area contributed by atoms with Gasteiger partial charge < -0.3 is 10.1 Å². The summed E-state index contributed by atoms with van der Waals surface area (Å²) in [6.07, 6.45) is 1.85. The maximum absolute atomic E-state index is 5.35. The number of nitrogens with one attached hydrogen (secondary N) is 1. The molecule has 0 bridgehead atoms. The van der Waals surface area contributed by atoms with Gasteiger partial charge in [0.05, 0.1) is 18.5 Å². The summed E-state index contributed by atoms with van der Waals surface area (Å²) in [7, 11) is 1.70. The number of fused-ring (bicyclic) bond motifs is 1. The number of hydrogen-bond acceptors (Lipinski definition) is 3. The number of methoxy groups -OCH3 is 1. The number of hydrogen-bond donors (Lipinski definition) is 1. The Labute approximate surface area is 148 Å². The molecule has 0 radical (unpaired) electrons. The molecule has 4 nitrogen and oxygen atoms in total. The van der Waals surface area contributed by atoms with Crippen LogP contribution < -0.4 is 10.1 Å². The Kier molecular flexibility index (Phi) is 3.96. The third kappa shape index (κ3) is 2.88. The molecule has 4 rings (SSSR count). The summed E-state index contributed by atoms with van der Waals surface area (Å²) >= 11 is 0. The highest BCUT2D eigenvalue weighted by atomic mass is 16.5. The van der Waals surface area contributed by atoms with Gasteiger partial charge in [-0.3, -0.25) is 0 Å². The molecule has 0 atom stereocenters. The van der Waals surface area contributed by atoms with E-state index < -0.39 is 0 Å². The minimum Gasteiger partial charge on any atom is -0.497 e. The van der Waals surface area contributed by atoms with Crippen molar-refractivity contribution in [2.24, 2.45) is 0 Å². The summed E-state index contributed by atoms with van der Waals surface area (Å²) in [6.45, 7) is 5.24. The van der Waals surface area contributed by atoms with E-state index in [1.54, 1.807) is 7.11 Å². The van der Waals surface area contributed by atoms with Crippen LogP contribution in [0, 0.1) is 13.8 Å². The van der Waals surface area contributed by atoms with Gasteiger partial charge in [-0.25, -0.2) is 4.68 Å². The Morgan fingerprint density at radius 3 is 2.84 bits per heavy atom. The molecule has 4 heteroatoms. The molecule has 0 aliphatic carbocycles. The second-order valence-corrected chi connectivity index (χ2v) is 6.68. The number of aromatic nitrogens is 2. The number of aryl methyl sites for hydroxylation is 2. The van der Waals surface area contributed by atoms with Gasteiger partial charge >= 0.3 is 0 Å². The molecule has 0 saturated carbocycles. The van der Waals surface area contributed by atoms with Gasteiger partial charge in [0.25, 0.3) is 0 Å². The first-order chi connectivity index (χ1) is 12.2. The molecular formula is C21H23N3O. The summed E-state index contributed by atoms with van der Waals surface area (Å²) in [4.78, 5) is 0. The zero-order valence-electron chi connectivity index (χ0n) is 15.0. The van der Waals surface area contributed by atoms with E-state index in [9.17, 15) is 0 Å². The average molecular weight is 333 g/mol. The molecule has 2 heterocycles. The topological polar surface area (TPSA) is 39.1 Å². The fourth-order valence-electron chi connectivity index (χ4n) is 3.58. The number of nitrogens with zero attached hydrogens (tertiary/aromatic N) is 2. The molecule has 3 aromatic rings. The number of rotatable bonds is 4. The van der Waals surface area contributed by atoms with Gasteiger partial charge in [0.1, 0.15) is 11.6 Å².